The fourth-order valence-electron chi connectivity index (χ4n) is 5.32. The van der Waals surface area contributed by atoms with Gasteiger partial charge in [-0.2, -0.15) is 5.10 Å². The number of rotatable bonds is 14. The third-order valence-corrected chi connectivity index (χ3v) is 8.04. The number of unbranched alkanes of at least 4 members (excludes halogenated alkanes) is 4. The van der Waals surface area contributed by atoms with E-state index in [1.54, 1.807) is 6.20 Å². The Balaban J connectivity index is 1.10. The number of hydrogen-bond donors (Lipinski definition) is 3. The Bertz CT molecular complexity index is 1090. The number of hydrogen-bond acceptors (Lipinski definition) is 7. The summed E-state index contributed by atoms with van der Waals surface area (Å²) in [6.45, 7) is 7.40. The second kappa shape index (κ2) is 14.5. The van der Waals surface area contributed by atoms with Crippen molar-refractivity contribution < 1.29 is 9.53 Å². The molecule has 2 fully saturated rings. The van der Waals surface area contributed by atoms with Gasteiger partial charge in [-0.25, -0.2) is 14.8 Å². The molecule has 4 rings (SSSR count). The molecule has 9 nitrogen and oxygen atoms in total. The number of aryl methyl sites for hydroxylation is 1. The third kappa shape index (κ3) is 9.91. The molecule has 3 N–H and O–H groups in total. The first-order valence-corrected chi connectivity index (χ1v) is 15.5. The van der Waals surface area contributed by atoms with Gasteiger partial charge in [0.05, 0.1) is 29.7 Å². The number of aromatic nitrogens is 4. The lowest BCUT2D eigenvalue weighted by atomic mass is 9.91. The second-order valence-corrected chi connectivity index (χ2v) is 13.0. The molecular formula is C30H48ClN7O2. The maximum Gasteiger partial charge on any atom is 0.407 e. The summed E-state index contributed by atoms with van der Waals surface area (Å²) in [7, 11) is 2.00. The number of halogens is 1. The first kappa shape index (κ1) is 30.6. The molecule has 2 aliphatic carbocycles. The topological polar surface area (TPSA) is 106 Å². The van der Waals surface area contributed by atoms with Crippen LogP contribution in [0.5, 0.6) is 0 Å². The maximum atomic E-state index is 11.7. The second-order valence-electron chi connectivity index (χ2n) is 12.6. The minimum Gasteiger partial charge on any atom is -0.450 e. The van der Waals surface area contributed by atoms with E-state index in [0.29, 0.717) is 29.7 Å². The van der Waals surface area contributed by atoms with Crippen molar-refractivity contribution in [3.8, 4) is 11.3 Å². The van der Waals surface area contributed by atoms with Crippen LogP contribution < -0.4 is 16.0 Å². The van der Waals surface area contributed by atoms with Gasteiger partial charge in [0.1, 0.15) is 0 Å². The zero-order valence-corrected chi connectivity index (χ0v) is 25.5. The fourth-order valence-corrected chi connectivity index (χ4v) is 5.51. The zero-order chi connectivity index (χ0) is 28.5. The Hall–Kier alpha value is -2.39. The minimum absolute atomic E-state index is 0.255. The van der Waals surface area contributed by atoms with Gasteiger partial charge in [-0.3, -0.25) is 4.68 Å². The standard InChI is InChI=1S/C30H48ClN7O2/c1-30(2,3)37-29(39)40-17-9-7-5-6-8-16-32-22-12-14-23(15-13-22)35-28-33-20-25(31)27(36-28)24-19-34-38(4)26(24)18-21-10-11-21/h19-23,32H,5-18H2,1-4H3,(H,37,39)(H,33,35,36). The van der Waals surface area contributed by atoms with E-state index in [1.165, 1.54) is 37.8 Å². The minimum atomic E-state index is -0.325. The van der Waals surface area contributed by atoms with Gasteiger partial charge in [0.25, 0.3) is 0 Å². The molecule has 2 saturated carbocycles. The van der Waals surface area contributed by atoms with Gasteiger partial charge in [-0.1, -0.05) is 30.9 Å². The number of ether oxygens (including phenoxy) is 1. The SMILES string of the molecule is Cn1ncc(-c2nc(NC3CCC(NCCCCCCCOC(=O)NC(C)(C)C)CC3)ncc2Cl)c1CC1CC1. The van der Waals surface area contributed by atoms with Crippen molar-refractivity contribution in [3.05, 3.63) is 23.1 Å². The molecule has 0 unspecified atom stereocenters. The van der Waals surface area contributed by atoms with E-state index in [0.717, 1.165) is 68.7 Å². The molecule has 10 heteroatoms. The van der Waals surface area contributed by atoms with Crippen molar-refractivity contribution in [2.45, 2.75) is 115 Å². The molecule has 2 aliphatic rings. The summed E-state index contributed by atoms with van der Waals surface area (Å²) in [6, 6.07) is 0.953. The molecule has 1 amide bonds. The van der Waals surface area contributed by atoms with Crippen molar-refractivity contribution in [1.29, 1.82) is 0 Å². The van der Waals surface area contributed by atoms with Crippen LogP contribution in [0.25, 0.3) is 11.3 Å². The lowest BCUT2D eigenvalue weighted by Gasteiger charge is -2.30. The Morgan fingerprint density at radius 1 is 1.02 bits per heavy atom. The molecule has 0 radical (unpaired) electrons. The van der Waals surface area contributed by atoms with Crippen molar-refractivity contribution in [1.82, 2.24) is 30.4 Å². The highest BCUT2D eigenvalue weighted by molar-refractivity contribution is 6.32. The Morgan fingerprint density at radius 2 is 1.73 bits per heavy atom. The summed E-state index contributed by atoms with van der Waals surface area (Å²) >= 11 is 6.54. The lowest BCUT2D eigenvalue weighted by molar-refractivity contribution is 0.135. The van der Waals surface area contributed by atoms with Crippen LogP contribution in [0.4, 0.5) is 10.7 Å². The molecule has 40 heavy (non-hydrogen) atoms. The monoisotopic (exact) mass is 573 g/mol. The summed E-state index contributed by atoms with van der Waals surface area (Å²) in [4.78, 5) is 21.0. The molecule has 0 bridgehead atoms. The van der Waals surface area contributed by atoms with E-state index in [2.05, 4.69) is 26.0 Å². The van der Waals surface area contributed by atoms with Crippen LogP contribution >= 0.6 is 11.6 Å². The number of nitrogens with zero attached hydrogens (tertiary/aromatic N) is 4. The Labute approximate surface area is 244 Å². The molecule has 0 atom stereocenters. The summed E-state index contributed by atoms with van der Waals surface area (Å²) in [5.41, 5.74) is 2.75. The molecule has 0 saturated heterocycles. The van der Waals surface area contributed by atoms with Gasteiger partial charge in [0.2, 0.25) is 5.95 Å². The average molecular weight is 574 g/mol. The Morgan fingerprint density at radius 3 is 2.45 bits per heavy atom. The first-order chi connectivity index (χ1) is 19.2. The average Bonchev–Trinajstić information content (AvgIpc) is 3.65. The van der Waals surface area contributed by atoms with Gasteiger partial charge >= 0.3 is 6.09 Å². The third-order valence-electron chi connectivity index (χ3n) is 7.76. The van der Waals surface area contributed by atoms with Crippen molar-refractivity contribution in [2.75, 3.05) is 18.5 Å². The molecule has 0 aromatic carbocycles. The van der Waals surface area contributed by atoms with Crippen molar-refractivity contribution in [3.63, 3.8) is 0 Å². The van der Waals surface area contributed by atoms with Crippen LogP contribution in [-0.2, 0) is 18.2 Å². The van der Waals surface area contributed by atoms with Gasteiger partial charge in [-0.05, 0) is 91.0 Å². The summed E-state index contributed by atoms with van der Waals surface area (Å²) < 4.78 is 7.20. The number of anilines is 1. The Kier molecular flexibility index (Phi) is 11.1. The van der Waals surface area contributed by atoms with Crippen LogP contribution in [0.3, 0.4) is 0 Å². The smallest absolute Gasteiger partial charge is 0.407 e. The van der Waals surface area contributed by atoms with Gasteiger partial charge in [-0.15, -0.1) is 0 Å². The normalized spacial score (nSPS) is 19.4. The first-order valence-electron chi connectivity index (χ1n) is 15.2. The number of carbonyl (C=O) groups excluding carboxylic acids is 1. The number of nitrogens with one attached hydrogen (secondary N) is 3. The quantitative estimate of drug-likeness (QED) is 0.229. The van der Waals surface area contributed by atoms with Crippen LogP contribution in [-0.4, -0.2) is 56.6 Å². The maximum absolute atomic E-state index is 11.7. The molecule has 2 aromatic heterocycles. The van der Waals surface area contributed by atoms with Crippen LogP contribution in [0.1, 0.15) is 97.1 Å². The zero-order valence-electron chi connectivity index (χ0n) is 24.8. The van der Waals surface area contributed by atoms with Gasteiger partial charge in [0, 0.05) is 35.9 Å². The lowest BCUT2D eigenvalue weighted by Crippen LogP contribution is -2.41. The highest BCUT2D eigenvalue weighted by Gasteiger charge is 2.27. The van der Waals surface area contributed by atoms with E-state index in [4.69, 9.17) is 21.3 Å². The van der Waals surface area contributed by atoms with E-state index >= 15 is 0 Å². The molecule has 0 spiro atoms. The van der Waals surface area contributed by atoms with E-state index in [9.17, 15) is 4.79 Å². The number of carbonyl (C=O) groups is 1. The molecule has 222 valence electrons. The van der Waals surface area contributed by atoms with Crippen molar-refractivity contribution in [2.24, 2.45) is 13.0 Å². The number of amides is 1. The van der Waals surface area contributed by atoms with Crippen LogP contribution in [0.15, 0.2) is 12.4 Å². The molecule has 2 heterocycles. The van der Waals surface area contributed by atoms with Gasteiger partial charge in [0.15, 0.2) is 0 Å². The highest BCUT2D eigenvalue weighted by Crippen LogP contribution is 2.37. The predicted molar refractivity (Wildman–Crippen MR) is 161 cm³/mol. The summed E-state index contributed by atoms with van der Waals surface area (Å²) in [6.07, 6.45) is 17.0. The van der Waals surface area contributed by atoms with Crippen LogP contribution in [0.2, 0.25) is 5.02 Å². The van der Waals surface area contributed by atoms with E-state index < -0.39 is 0 Å². The van der Waals surface area contributed by atoms with E-state index in [1.807, 2.05) is 38.7 Å². The van der Waals surface area contributed by atoms with Gasteiger partial charge < -0.3 is 20.7 Å². The van der Waals surface area contributed by atoms with E-state index in [-0.39, 0.29) is 11.6 Å². The highest BCUT2D eigenvalue weighted by atomic mass is 35.5. The fraction of sp³-hybridized carbons (Fsp3) is 0.733. The van der Waals surface area contributed by atoms with Crippen molar-refractivity contribution >= 4 is 23.6 Å². The molecular weight excluding hydrogens is 526 g/mol. The molecule has 0 aliphatic heterocycles. The largest absolute Gasteiger partial charge is 0.450 e. The number of alkyl carbamates (subject to hydrolysis) is 1. The molecule has 2 aromatic rings. The summed E-state index contributed by atoms with van der Waals surface area (Å²) in [5.74, 6) is 1.41. The summed E-state index contributed by atoms with van der Waals surface area (Å²) in [5, 5.41) is 15.2. The predicted octanol–water partition coefficient (Wildman–Crippen LogP) is 6.27. The van der Waals surface area contributed by atoms with Crippen LogP contribution in [0, 0.1) is 5.92 Å².